The topological polar surface area (TPSA) is 6.48 Å². The van der Waals surface area contributed by atoms with Gasteiger partial charge >= 0.3 is 0 Å². The molecule has 3 heteroatoms. The first-order valence-electron chi connectivity index (χ1n) is 16.7. The number of rotatable bonds is 8. The third-order valence-corrected chi connectivity index (χ3v) is 10.5. The van der Waals surface area contributed by atoms with Crippen LogP contribution in [-0.4, -0.2) is 24.0 Å². The first-order chi connectivity index (χ1) is 22.1. The minimum atomic E-state index is 0.467. The van der Waals surface area contributed by atoms with E-state index in [-0.39, 0.29) is 0 Å². The van der Waals surface area contributed by atoms with Crippen molar-refractivity contribution in [3.63, 3.8) is 0 Å². The minimum Gasteiger partial charge on any atom is -0.364 e. The molecule has 0 unspecified atom stereocenters. The van der Waals surface area contributed by atoms with Crippen LogP contribution in [0, 0.1) is 41.5 Å². The summed E-state index contributed by atoms with van der Waals surface area (Å²) in [5.41, 5.74) is 17.4. The number of piperidine rings is 1. The van der Waals surface area contributed by atoms with Crippen molar-refractivity contribution in [1.82, 2.24) is 4.90 Å². The van der Waals surface area contributed by atoms with E-state index < -0.39 is 0 Å². The van der Waals surface area contributed by atoms with Crippen molar-refractivity contribution in [3.8, 4) is 22.3 Å². The second-order valence-electron chi connectivity index (χ2n) is 13.5. The molecule has 236 valence electrons. The van der Waals surface area contributed by atoms with Crippen molar-refractivity contribution in [2.45, 2.75) is 73.5 Å². The summed E-state index contributed by atoms with van der Waals surface area (Å²) in [7, 11) is 0. The Kier molecular flexibility index (Phi) is 9.68. The molecule has 0 amide bonds. The molecule has 5 aromatic rings. The fourth-order valence-corrected chi connectivity index (χ4v) is 7.14. The maximum Gasteiger partial charge on any atom is 0.0432 e. The summed E-state index contributed by atoms with van der Waals surface area (Å²) >= 11 is 6.33. The van der Waals surface area contributed by atoms with E-state index in [0.29, 0.717) is 6.04 Å². The molecule has 1 saturated heterocycles. The largest absolute Gasteiger partial charge is 0.364 e. The molecule has 46 heavy (non-hydrogen) atoms. The Morgan fingerprint density at radius 1 is 0.587 bits per heavy atom. The molecule has 0 radical (unpaired) electrons. The van der Waals surface area contributed by atoms with E-state index in [9.17, 15) is 0 Å². The molecule has 0 atom stereocenters. The van der Waals surface area contributed by atoms with Gasteiger partial charge in [0, 0.05) is 42.9 Å². The maximum absolute atomic E-state index is 6.33. The molecule has 0 spiro atoms. The molecular weight excluding hydrogens is 580 g/mol. The standard InChI is InChI=1S/C43H47ClN2/c1-29-21-39(22-30(2)33(29)5)37-11-7-9-35(25-37)27-45-19-17-43(18-20-45)46(42-15-13-41(44)14-16-42)28-36-10-8-12-38(26-36)40-23-31(3)34(6)32(4)24-40/h7-16,21-26,43H,17-20,27-28H2,1-6H3. The van der Waals surface area contributed by atoms with Crippen molar-refractivity contribution >= 4 is 17.3 Å². The van der Waals surface area contributed by atoms with Crippen LogP contribution in [0.5, 0.6) is 0 Å². The molecule has 0 aromatic heterocycles. The first-order valence-corrected chi connectivity index (χ1v) is 17.1. The quantitative estimate of drug-likeness (QED) is 0.169. The van der Waals surface area contributed by atoms with Crippen LogP contribution in [0.4, 0.5) is 5.69 Å². The van der Waals surface area contributed by atoms with E-state index in [1.54, 1.807) is 0 Å². The predicted octanol–water partition coefficient (Wildman–Crippen LogP) is 11.2. The first kappa shape index (κ1) is 32.1. The van der Waals surface area contributed by atoms with Crippen LogP contribution < -0.4 is 4.90 Å². The lowest BCUT2D eigenvalue weighted by atomic mass is 9.95. The maximum atomic E-state index is 6.33. The van der Waals surface area contributed by atoms with Crippen LogP contribution in [0.2, 0.25) is 5.02 Å². The number of anilines is 1. The van der Waals surface area contributed by atoms with Gasteiger partial charge in [0.1, 0.15) is 0 Å². The van der Waals surface area contributed by atoms with Gasteiger partial charge in [-0.25, -0.2) is 0 Å². The van der Waals surface area contributed by atoms with E-state index in [0.717, 1.165) is 44.0 Å². The van der Waals surface area contributed by atoms with Gasteiger partial charge in [0.15, 0.2) is 0 Å². The third-order valence-electron chi connectivity index (χ3n) is 10.3. The van der Waals surface area contributed by atoms with E-state index in [1.807, 2.05) is 12.1 Å². The summed E-state index contributed by atoms with van der Waals surface area (Å²) in [5.74, 6) is 0. The average Bonchev–Trinajstić information content (AvgIpc) is 3.06. The zero-order chi connectivity index (χ0) is 32.4. The van der Waals surface area contributed by atoms with Crippen LogP contribution in [0.25, 0.3) is 22.3 Å². The smallest absolute Gasteiger partial charge is 0.0432 e. The van der Waals surface area contributed by atoms with Crippen molar-refractivity contribution in [3.05, 3.63) is 147 Å². The Bertz CT molecular complexity index is 1780. The lowest BCUT2D eigenvalue weighted by Crippen LogP contribution is -2.44. The summed E-state index contributed by atoms with van der Waals surface area (Å²) in [6.45, 7) is 17.3. The molecule has 0 bridgehead atoms. The second kappa shape index (κ2) is 13.9. The highest BCUT2D eigenvalue weighted by Gasteiger charge is 2.25. The third kappa shape index (κ3) is 7.25. The number of hydrogen-bond donors (Lipinski definition) is 0. The van der Waals surface area contributed by atoms with Gasteiger partial charge in [-0.15, -0.1) is 0 Å². The second-order valence-corrected chi connectivity index (χ2v) is 13.9. The summed E-state index contributed by atoms with van der Waals surface area (Å²) in [5, 5.41) is 0.781. The average molecular weight is 627 g/mol. The molecule has 1 aliphatic heterocycles. The number of halogens is 1. The lowest BCUT2D eigenvalue weighted by molar-refractivity contribution is 0.201. The van der Waals surface area contributed by atoms with Crippen LogP contribution in [0.1, 0.15) is 57.3 Å². The monoisotopic (exact) mass is 626 g/mol. The molecule has 2 nitrogen and oxygen atoms in total. The zero-order valence-electron chi connectivity index (χ0n) is 28.3. The fraction of sp³-hybridized carbons (Fsp3) is 0.302. The molecular formula is C43H47ClN2. The Hall–Kier alpha value is -3.85. The van der Waals surface area contributed by atoms with Gasteiger partial charge in [-0.1, -0.05) is 72.3 Å². The Morgan fingerprint density at radius 3 is 1.59 bits per heavy atom. The van der Waals surface area contributed by atoms with E-state index >= 15 is 0 Å². The van der Waals surface area contributed by atoms with Crippen molar-refractivity contribution in [2.75, 3.05) is 18.0 Å². The fourth-order valence-electron chi connectivity index (χ4n) is 7.01. The van der Waals surface area contributed by atoms with Gasteiger partial charge in [0.2, 0.25) is 0 Å². The van der Waals surface area contributed by atoms with Gasteiger partial charge in [-0.2, -0.15) is 0 Å². The number of likely N-dealkylation sites (tertiary alicyclic amines) is 1. The van der Waals surface area contributed by atoms with Crippen LogP contribution >= 0.6 is 11.6 Å². The van der Waals surface area contributed by atoms with Crippen LogP contribution in [0.3, 0.4) is 0 Å². The van der Waals surface area contributed by atoms with Gasteiger partial charge in [0.25, 0.3) is 0 Å². The Balaban J connectivity index is 1.17. The molecule has 0 saturated carbocycles. The summed E-state index contributed by atoms with van der Waals surface area (Å²) in [6, 6.07) is 36.5. The highest BCUT2D eigenvalue weighted by molar-refractivity contribution is 6.30. The molecule has 0 aliphatic carbocycles. The van der Waals surface area contributed by atoms with E-state index in [1.165, 1.54) is 72.4 Å². The van der Waals surface area contributed by atoms with Crippen molar-refractivity contribution in [1.29, 1.82) is 0 Å². The van der Waals surface area contributed by atoms with Gasteiger partial charge < -0.3 is 4.90 Å². The molecule has 5 aromatic carbocycles. The predicted molar refractivity (Wildman–Crippen MR) is 198 cm³/mol. The highest BCUT2D eigenvalue weighted by atomic mass is 35.5. The number of nitrogens with zero attached hydrogens (tertiary/aromatic N) is 2. The van der Waals surface area contributed by atoms with Gasteiger partial charge in [-0.3, -0.25) is 4.90 Å². The summed E-state index contributed by atoms with van der Waals surface area (Å²) < 4.78 is 0. The van der Waals surface area contributed by atoms with E-state index in [2.05, 4.69) is 136 Å². The molecule has 1 aliphatic rings. The summed E-state index contributed by atoms with van der Waals surface area (Å²) in [4.78, 5) is 5.24. The SMILES string of the molecule is Cc1cc(-c2cccc(CN3CCC(N(Cc4cccc(-c5cc(C)c(C)c(C)c5)c4)c4ccc(Cl)cc4)CC3)c2)cc(C)c1C. The summed E-state index contributed by atoms with van der Waals surface area (Å²) in [6.07, 6.45) is 2.27. The van der Waals surface area contributed by atoms with E-state index in [4.69, 9.17) is 11.6 Å². The number of hydrogen-bond acceptors (Lipinski definition) is 2. The van der Waals surface area contributed by atoms with Gasteiger partial charge in [0.05, 0.1) is 0 Å². The normalized spacial score (nSPS) is 14.1. The zero-order valence-corrected chi connectivity index (χ0v) is 29.1. The number of aryl methyl sites for hydroxylation is 4. The Labute approximate surface area is 281 Å². The van der Waals surface area contributed by atoms with Crippen LogP contribution in [0.15, 0.2) is 97.1 Å². The lowest BCUT2D eigenvalue weighted by Gasteiger charge is -2.40. The Morgan fingerprint density at radius 2 is 1.07 bits per heavy atom. The molecule has 0 N–H and O–H groups in total. The van der Waals surface area contributed by atoms with Crippen molar-refractivity contribution < 1.29 is 0 Å². The minimum absolute atomic E-state index is 0.467. The van der Waals surface area contributed by atoms with Crippen molar-refractivity contribution in [2.24, 2.45) is 0 Å². The van der Waals surface area contributed by atoms with Crippen LogP contribution in [-0.2, 0) is 13.1 Å². The highest BCUT2D eigenvalue weighted by Crippen LogP contribution is 2.31. The number of benzene rings is 5. The van der Waals surface area contributed by atoms with Gasteiger partial charge in [-0.05, 0) is 158 Å². The molecule has 1 heterocycles. The molecule has 6 rings (SSSR count). The molecule has 1 fully saturated rings.